The molecule has 4 aromatic rings. The topological polar surface area (TPSA) is 122 Å². The van der Waals surface area contributed by atoms with Crippen molar-refractivity contribution in [3.8, 4) is 23.0 Å². The summed E-state index contributed by atoms with van der Waals surface area (Å²) in [4.78, 5) is 29.2. The van der Waals surface area contributed by atoms with E-state index in [4.69, 9.17) is 36.3 Å². The molecule has 1 aliphatic carbocycles. The summed E-state index contributed by atoms with van der Waals surface area (Å²) in [7, 11) is 1.55. The maximum atomic E-state index is 12.5. The fraction of sp³-hybridized carbons (Fsp3) is 0.281. The number of carbonyl (C=O) groups is 2. The molecule has 1 aromatic heterocycles. The largest absolute Gasteiger partial charge is 0.493 e. The molecule has 0 saturated heterocycles. The van der Waals surface area contributed by atoms with E-state index in [9.17, 15) is 9.59 Å². The molecular weight excluding hydrogens is 558 g/mol. The lowest BCUT2D eigenvalue weighted by Crippen LogP contribution is -2.35. The van der Waals surface area contributed by atoms with Gasteiger partial charge in [-0.1, -0.05) is 11.6 Å². The second-order valence-corrected chi connectivity index (χ2v) is 10.4. The molecule has 9 nitrogen and oxygen atoms in total. The van der Waals surface area contributed by atoms with E-state index in [1.807, 2.05) is 0 Å². The molecule has 3 aromatic carbocycles. The van der Waals surface area contributed by atoms with Gasteiger partial charge in [-0.25, -0.2) is 0 Å². The number of nitrogens with one attached hydrogen (secondary N) is 1. The predicted molar refractivity (Wildman–Crippen MR) is 161 cm³/mol. The third kappa shape index (κ3) is 7.29. The predicted octanol–water partition coefficient (Wildman–Crippen LogP) is 6.52. The molecule has 0 bridgehead atoms. The van der Waals surface area contributed by atoms with Crippen LogP contribution in [0.5, 0.6) is 23.0 Å². The fourth-order valence-electron chi connectivity index (χ4n) is 4.70. The Morgan fingerprint density at radius 2 is 1.74 bits per heavy atom. The molecule has 42 heavy (non-hydrogen) atoms. The van der Waals surface area contributed by atoms with Crippen molar-refractivity contribution in [1.82, 2.24) is 4.98 Å². The van der Waals surface area contributed by atoms with Crippen molar-refractivity contribution in [2.75, 3.05) is 19.0 Å². The Kier molecular flexibility index (Phi) is 9.41. The van der Waals surface area contributed by atoms with Gasteiger partial charge in [-0.3, -0.25) is 14.6 Å². The zero-order chi connectivity index (χ0) is 29.5. The summed E-state index contributed by atoms with van der Waals surface area (Å²) in [5.41, 5.74) is 7.80. The molecule has 1 fully saturated rings. The number of carbonyl (C=O) groups excluding carboxylic acids is 2. The monoisotopic (exact) mass is 589 g/mol. The Morgan fingerprint density at radius 1 is 1.00 bits per heavy atom. The molecule has 1 aliphatic rings. The first-order chi connectivity index (χ1) is 20.4. The lowest BCUT2D eigenvalue weighted by Gasteiger charge is -2.17. The highest BCUT2D eigenvalue weighted by molar-refractivity contribution is 6.30. The van der Waals surface area contributed by atoms with Crippen LogP contribution in [-0.4, -0.2) is 42.7 Å². The summed E-state index contributed by atoms with van der Waals surface area (Å²) < 4.78 is 23.1. The van der Waals surface area contributed by atoms with Crippen LogP contribution in [0, 0.1) is 0 Å². The quantitative estimate of drug-likeness (QED) is 0.190. The van der Waals surface area contributed by atoms with Crippen LogP contribution in [0.15, 0.2) is 72.9 Å². The minimum absolute atomic E-state index is 0.0218. The van der Waals surface area contributed by atoms with Crippen LogP contribution in [0.1, 0.15) is 42.5 Å². The van der Waals surface area contributed by atoms with Crippen molar-refractivity contribution in [3.63, 3.8) is 0 Å². The summed E-state index contributed by atoms with van der Waals surface area (Å²) >= 11 is 5.90. The van der Waals surface area contributed by atoms with Crippen LogP contribution in [0.3, 0.4) is 0 Å². The van der Waals surface area contributed by atoms with E-state index in [1.165, 1.54) is 0 Å². The Hall–Kier alpha value is -4.34. The van der Waals surface area contributed by atoms with E-state index in [0.717, 1.165) is 31.1 Å². The summed E-state index contributed by atoms with van der Waals surface area (Å²) in [6.45, 7) is 0.208. The molecule has 1 atom stereocenters. The Morgan fingerprint density at radius 3 is 2.45 bits per heavy atom. The number of hydrogen-bond acceptors (Lipinski definition) is 8. The maximum Gasteiger partial charge on any atom is 0.323 e. The zero-order valence-electron chi connectivity index (χ0n) is 23.2. The van der Waals surface area contributed by atoms with Crippen molar-refractivity contribution in [2.45, 2.75) is 44.2 Å². The van der Waals surface area contributed by atoms with Gasteiger partial charge in [-0.05, 0) is 86.3 Å². The van der Waals surface area contributed by atoms with E-state index < -0.39 is 12.0 Å². The molecule has 0 aliphatic heterocycles. The molecule has 1 heterocycles. The fourth-order valence-corrected chi connectivity index (χ4v) is 4.83. The average molecular weight is 590 g/mol. The summed E-state index contributed by atoms with van der Waals surface area (Å²) in [5.74, 6) is 1.48. The minimum Gasteiger partial charge on any atom is -0.493 e. The summed E-state index contributed by atoms with van der Waals surface area (Å²) in [6, 6.07) is 18.3. The number of amides is 1. The lowest BCUT2D eigenvalue weighted by atomic mass is 10.1. The Labute approximate surface area is 248 Å². The number of ether oxygens (including phenoxy) is 4. The molecule has 1 amide bonds. The number of halogens is 1. The van der Waals surface area contributed by atoms with Crippen LogP contribution in [0.25, 0.3) is 10.9 Å². The second kappa shape index (κ2) is 13.5. The van der Waals surface area contributed by atoms with Crippen molar-refractivity contribution >= 4 is 40.1 Å². The number of pyridine rings is 1. The van der Waals surface area contributed by atoms with Gasteiger partial charge in [0.05, 0.1) is 19.2 Å². The van der Waals surface area contributed by atoms with Gasteiger partial charge >= 0.3 is 5.97 Å². The highest BCUT2D eigenvalue weighted by Gasteiger charge is 2.23. The molecule has 10 heteroatoms. The highest BCUT2D eigenvalue weighted by Crippen LogP contribution is 2.37. The number of anilines is 1. The molecule has 0 unspecified atom stereocenters. The van der Waals surface area contributed by atoms with Crippen LogP contribution >= 0.6 is 11.6 Å². The molecule has 218 valence electrons. The van der Waals surface area contributed by atoms with E-state index in [2.05, 4.69) is 10.3 Å². The van der Waals surface area contributed by atoms with Gasteiger partial charge in [-0.15, -0.1) is 0 Å². The molecule has 1 saturated carbocycles. The average Bonchev–Trinajstić information content (AvgIpc) is 3.51. The first-order valence-electron chi connectivity index (χ1n) is 13.8. The number of hydrogen-bond donors (Lipinski definition) is 2. The highest BCUT2D eigenvalue weighted by atomic mass is 35.5. The van der Waals surface area contributed by atoms with E-state index in [0.29, 0.717) is 51.2 Å². The normalized spacial score (nSPS) is 13.9. The second-order valence-electron chi connectivity index (χ2n) is 10.0. The first-order valence-corrected chi connectivity index (χ1v) is 14.2. The SMILES string of the molecule is COc1cc2c(Oc3ccc(NC(=O)c4ccc(Cl)cc4)cc3)ccnc2cc1OCC[C@H](N)C(=O)OC1CCCC1. The van der Waals surface area contributed by atoms with E-state index >= 15 is 0 Å². The number of rotatable bonds is 11. The van der Waals surface area contributed by atoms with Gasteiger partial charge in [0, 0.05) is 40.3 Å². The number of nitrogens with zero attached hydrogens (tertiary/aromatic N) is 1. The van der Waals surface area contributed by atoms with Gasteiger partial charge in [0.15, 0.2) is 11.5 Å². The summed E-state index contributed by atoms with van der Waals surface area (Å²) in [5, 5.41) is 4.14. The third-order valence-corrected chi connectivity index (χ3v) is 7.26. The van der Waals surface area contributed by atoms with Crippen molar-refractivity contribution in [2.24, 2.45) is 5.73 Å². The van der Waals surface area contributed by atoms with E-state index in [1.54, 1.807) is 80.0 Å². The molecular formula is C32H32ClN3O6. The van der Waals surface area contributed by atoms with Gasteiger partial charge in [-0.2, -0.15) is 0 Å². The van der Waals surface area contributed by atoms with Gasteiger partial charge in [0.2, 0.25) is 0 Å². The molecule has 5 rings (SSSR count). The van der Waals surface area contributed by atoms with Gasteiger partial charge < -0.3 is 30.0 Å². The number of esters is 1. The minimum atomic E-state index is -0.757. The zero-order valence-corrected chi connectivity index (χ0v) is 23.9. The van der Waals surface area contributed by atoms with Crippen LogP contribution in [-0.2, 0) is 9.53 Å². The summed E-state index contributed by atoms with van der Waals surface area (Å²) in [6.07, 6.45) is 5.88. The Balaban J connectivity index is 1.22. The van der Waals surface area contributed by atoms with Gasteiger partial charge in [0.25, 0.3) is 5.91 Å². The molecule has 0 spiro atoms. The maximum absolute atomic E-state index is 12.5. The van der Waals surface area contributed by atoms with Crippen LogP contribution in [0.2, 0.25) is 5.02 Å². The molecule has 3 N–H and O–H groups in total. The van der Waals surface area contributed by atoms with E-state index in [-0.39, 0.29) is 18.6 Å². The Bertz CT molecular complexity index is 1540. The number of aromatic nitrogens is 1. The number of fused-ring (bicyclic) bond motifs is 1. The number of methoxy groups -OCH3 is 1. The van der Waals surface area contributed by atoms with Crippen molar-refractivity contribution < 1.29 is 28.5 Å². The number of benzene rings is 3. The van der Waals surface area contributed by atoms with Crippen molar-refractivity contribution in [1.29, 1.82) is 0 Å². The number of nitrogens with two attached hydrogens (primary N) is 1. The van der Waals surface area contributed by atoms with Gasteiger partial charge in [0.1, 0.15) is 23.6 Å². The van der Waals surface area contributed by atoms with Crippen molar-refractivity contribution in [3.05, 3.63) is 83.5 Å². The van der Waals surface area contributed by atoms with Crippen LogP contribution in [0.4, 0.5) is 5.69 Å². The molecule has 0 radical (unpaired) electrons. The lowest BCUT2D eigenvalue weighted by molar-refractivity contribution is -0.150. The third-order valence-electron chi connectivity index (χ3n) is 7.01. The first kappa shape index (κ1) is 29.2. The van der Waals surface area contributed by atoms with Crippen LogP contribution < -0.4 is 25.3 Å². The smallest absolute Gasteiger partial charge is 0.323 e. The standard InChI is InChI=1S/C32H32ClN3O6/c1-39-29-18-25-27(19-30(29)40-17-15-26(34)32(38)42-23-4-2-3-5-23)35-16-14-28(25)41-24-12-10-22(11-13-24)36-31(37)20-6-8-21(33)9-7-20/h6-14,16,18-19,23,26H,2-5,15,17,34H2,1H3,(H,36,37)/t26-/m0/s1.